The molecular weight excluding hydrogens is 353 g/mol. The van der Waals surface area contributed by atoms with Crippen molar-refractivity contribution in [1.29, 1.82) is 0 Å². The number of hydrogen-bond donors (Lipinski definition) is 0. The second kappa shape index (κ2) is 6.24. The summed E-state index contributed by atoms with van der Waals surface area (Å²) in [6.45, 7) is 2.59. The Bertz CT molecular complexity index is 813. The van der Waals surface area contributed by atoms with Gasteiger partial charge in [-0.25, -0.2) is 0 Å². The maximum absolute atomic E-state index is 6.22. The van der Waals surface area contributed by atoms with Crippen LogP contribution >= 0.6 is 34.5 Å². The summed E-state index contributed by atoms with van der Waals surface area (Å²) in [7, 11) is 0. The maximum atomic E-state index is 6.22. The molecule has 0 bridgehead atoms. The van der Waals surface area contributed by atoms with Crippen molar-refractivity contribution in [2.45, 2.75) is 12.5 Å². The van der Waals surface area contributed by atoms with Gasteiger partial charge >= 0.3 is 0 Å². The van der Waals surface area contributed by atoms with E-state index in [9.17, 15) is 0 Å². The molecule has 1 aliphatic rings. The summed E-state index contributed by atoms with van der Waals surface area (Å²) in [6.07, 6.45) is 0. The molecule has 3 aromatic rings. The lowest BCUT2D eigenvalue weighted by Crippen LogP contribution is -2.44. The van der Waals surface area contributed by atoms with Crippen LogP contribution in [0.2, 0.25) is 10.0 Å². The summed E-state index contributed by atoms with van der Waals surface area (Å²) >= 11 is 13.8. The van der Waals surface area contributed by atoms with Gasteiger partial charge in [0.1, 0.15) is 0 Å². The molecule has 4 rings (SSSR count). The summed E-state index contributed by atoms with van der Waals surface area (Å²) in [5.41, 5.74) is 2.09. The van der Waals surface area contributed by atoms with E-state index < -0.39 is 0 Å². The van der Waals surface area contributed by atoms with Gasteiger partial charge in [0.25, 0.3) is 0 Å². The Labute approximate surface area is 147 Å². The predicted molar refractivity (Wildman–Crippen MR) is 92.1 cm³/mol. The van der Waals surface area contributed by atoms with Crippen LogP contribution in [0.1, 0.15) is 17.4 Å². The van der Waals surface area contributed by atoms with Crippen LogP contribution in [0.4, 0.5) is 0 Å². The Morgan fingerprint density at radius 2 is 2.13 bits per heavy atom. The number of thiophene rings is 1. The largest absolute Gasteiger partial charge is 0.339 e. The fourth-order valence-electron chi connectivity index (χ4n) is 2.66. The van der Waals surface area contributed by atoms with E-state index in [0.717, 1.165) is 30.8 Å². The molecule has 1 fully saturated rings. The molecule has 4 nitrogen and oxygen atoms in total. The van der Waals surface area contributed by atoms with E-state index in [1.165, 1.54) is 0 Å². The van der Waals surface area contributed by atoms with Crippen LogP contribution in [0.3, 0.4) is 0 Å². The summed E-state index contributed by atoms with van der Waals surface area (Å²) < 4.78 is 5.40. The minimum atomic E-state index is 0.293. The van der Waals surface area contributed by atoms with Crippen molar-refractivity contribution < 1.29 is 4.52 Å². The van der Waals surface area contributed by atoms with Gasteiger partial charge in [-0.15, -0.1) is 0 Å². The zero-order valence-electron chi connectivity index (χ0n) is 12.1. The standard InChI is InChI=1S/C16H13Cl2N3OS/c17-13-2-1-10(14(18)5-13)6-21-7-12(8-21)16-19-15(20-22-16)11-3-4-23-9-11/h1-5,9,12H,6-8H2. The number of aromatic nitrogens is 2. The molecule has 0 unspecified atom stereocenters. The Morgan fingerprint density at radius 1 is 1.26 bits per heavy atom. The first-order valence-corrected chi connectivity index (χ1v) is 8.91. The second-order valence-electron chi connectivity index (χ2n) is 5.59. The summed E-state index contributed by atoms with van der Waals surface area (Å²) in [5.74, 6) is 1.67. The number of nitrogens with zero attached hydrogens (tertiary/aromatic N) is 3. The zero-order valence-corrected chi connectivity index (χ0v) is 14.4. The Balaban J connectivity index is 1.38. The van der Waals surface area contributed by atoms with Crippen LogP contribution in [-0.2, 0) is 6.54 Å². The highest BCUT2D eigenvalue weighted by Crippen LogP contribution is 2.31. The van der Waals surface area contributed by atoms with Crippen molar-refractivity contribution in [3.63, 3.8) is 0 Å². The van der Waals surface area contributed by atoms with Gasteiger partial charge in [-0.05, 0) is 29.1 Å². The third-order valence-electron chi connectivity index (χ3n) is 3.94. The Hall–Kier alpha value is -1.40. The average Bonchev–Trinajstić information content (AvgIpc) is 3.15. The zero-order chi connectivity index (χ0) is 15.8. The normalized spacial score (nSPS) is 15.7. The lowest BCUT2D eigenvalue weighted by atomic mass is 9.99. The predicted octanol–water partition coefficient (Wildman–Crippen LogP) is 4.70. The lowest BCUT2D eigenvalue weighted by molar-refractivity contribution is 0.117. The minimum absolute atomic E-state index is 0.293. The van der Waals surface area contributed by atoms with Gasteiger partial charge in [0.05, 0.1) is 5.92 Å². The molecule has 0 aliphatic carbocycles. The first kappa shape index (κ1) is 15.1. The van der Waals surface area contributed by atoms with Gasteiger partial charge < -0.3 is 4.52 Å². The van der Waals surface area contributed by atoms with Crippen LogP contribution < -0.4 is 0 Å². The fraction of sp³-hybridized carbons (Fsp3) is 0.250. The lowest BCUT2D eigenvalue weighted by Gasteiger charge is -2.37. The fourth-order valence-corrected chi connectivity index (χ4v) is 3.76. The first-order valence-electron chi connectivity index (χ1n) is 7.21. The van der Waals surface area contributed by atoms with Crippen LogP contribution in [0.15, 0.2) is 39.5 Å². The molecule has 0 N–H and O–H groups in total. The number of benzene rings is 1. The SMILES string of the molecule is Clc1ccc(CN2CC(c3nc(-c4ccsc4)no3)C2)c(Cl)c1. The van der Waals surface area contributed by atoms with Gasteiger partial charge in [-0.3, -0.25) is 4.90 Å². The van der Waals surface area contributed by atoms with Crippen LogP contribution in [0, 0.1) is 0 Å². The van der Waals surface area contributed by atoms with Crippen molar-refractivity contribution in [3.05, 3.63) is 56.5 Å². The number of halogens is 2. The van der Waals surface area contributed by atoms with E-state index in [1.807, 2.05) is 29.0 Å². The second-order valence-corrected chi connectivity index (χ2v) is 7.22. The van der Waals surface area contributed by atoms with E-state index >= 15 is 0 Å². The van der Waals surface area contributed by atoms with Crippen molar-refractivity contribution >= 4 is 34.5 Å². The summed E-state index contributed by atoms with van der Waals surface area (Å²) in [5, 5.41) is 9.45. The van der Waals surface area contributed by atoms with Gasteiger partial charge in [0.15, 0.2) is 0 Å². The third-order valence-corrected chi connectivity index (χ3v) is 5.21. The maximum Gasteiger partial charge on any atom is 0.232 e. The van der Waals surface area contributed by atoms with E-state index in [0.29, 0.717) is 27.7 Å². The molecule has 118 valence electrons. The van der Waals surface area contributed by atoms with E-state index in [1.54, 1.807) is 17.4 Å². The third kappa shape index (κ3) is 3.15. The van der Waals surface area contributed by atoms with E-state index in [4.69, 9.17) is 27.7 Å². The summed E-state index contributed by atoms with van der Waals surface area (Å²) in [4.78, 5) is 6.80. The van der Waals surface area contributed by atoms with E-state index in [-0.39, 0.29) is 0 Å². The first-order chi connectivity index (χ1) is 11.2. The van der Waals surface area contributed by atoms with Crippen LogP contribution in [0.5, 0.6) is 0 Å². The van der Waals surface area contributed by atoms with E-state index in [2.05, 4.69) is 15.0 Å². The smallest absolute Gasteiger partial charge is 0.232 e. The van der Waals surface area contributed by atoms with Crippen molar-refractivity contribution in [1.82, 2.24) is 15.0 Å². The van der Waals surface area contributed by atoms with Gasteiger partial charge in [-0.1, -0.05) is 34.4 Å². The average molecular weight is 366 g/mol. The molecule has 0 radical (unpaired) electrons. The van der Waals surface area contributed by atoms with Crippen molar-refractivity contribution in [2.75, 3.05) is 13.1 Å². The van der Waals surface area contributed by atoms with Crippen molar-refractivity contribution in [2.24, 2.45) is 0 Å². The van der Waals surface area contributed by atoms with Crippen molar-refractivity contribution in [3.8, 4) is 11.4 Å². The molecule has 2 aromatic heterocycles. The number of hydrogen-bond acceptors (Lipinski definition) is 5. The molecule has 0 spiro atoms. The Morgan fingerprint density at radius 3 is 2.87 bits per heavy atom. The molecule has 3 heterocycles. The molecule has 0 saturated carbocycles. The van der Waals surface area contributed by atoms with Crippen LogP contribution in [0.25, 0.3) is 11.4 Å². The Kier molecular flexibility index (Phi) is 4.11. The highest BCUT2D eigenvalue weighted by Gasteiger charge is 2.32. The summed E-state index contributed by atoms with van der Waals surface area (Å²) in [6, 6.07) is 7.61. The molecule has 0 amide bonds. The number of likely N-dealkylation sites (tertiary alicyclic amines) is 1. The van der Waals surface area contributed by atoms with Gasteiger partial charge in [-0.2, -0.15) is 16.3 Å². The molecular formula is C16H13Cl2N3OS. The number of rotatable bonds is 4. The van der Waals surface area contributed by atoms with Crippen LogP contribution in [-0.4, -0.2) is 28.1 Å². The topological polar surface area (TPSA) is 42.2 Å². The molecule has 1 aliphatic heterocycles. The molecule has 1 saturated heterocycles. The highest BCUT2D eigenvalue weighted by molar-refractivity contribution is 7.08. The molecule has 1 aromatic carbocycles. The molecule has 0 atom stereocenters. The molecule has 7 heteroatoms. The van der Waals surface area contributed by atoms with Gasteiger partial charge in [0.2, 0.25) is 11.7 Å². The monoisotopic (exact) mass is 365 g/mol. The highest BCUT2D eigenvalue weighted by atomic mass is 35.5. The van der Waals surface area contributed by atoms with Gasteiger partial charge in [0, 0.05) is 40.6 Å². The molecule has 23 heavy (non-hydrogen) atoms. The quantitative estimate of drug-likeness (QED) is 0.671. The minimum Gasteiger partial charge on any atom is -0.339 e.